The first kappa shape index (κ1) is 19.8. The van der Waals surface area contributed by atoms with Gasteiger partial charge in [0.1, 0.15) is 0 Å². The van der Waals surface area contributed by atoms with Crippen LogP contribution in [0.4, 0.5) is 24.5 Å². The van der Waals surface area contributed by atoms with E-state index in [1.807, 2.05) is 13.8 Å². The summed E-state index contributed by atoms with van der Waals surface area (Å²) in [6, 6.07) is 3.32. The molecule has 0 unspecified atom stereocenters. The molecule has 8 heteroatoms. The molecule has 0 saturated heterocycles. The first-order chi connectivity index (χ1) is 11.9. The molecule has 1 heterocycles. The highest BCUT2D eigenvalue weighted by molar-refractivity contribution is 5.98. The van der Waals surface area contributed by atoms with Gasteiger partial charge in [-0.2, -0.15) is 18.3 Å². The number of hydrogen-bond acceptors (Lipinski definition) is 3. The predicted octanol–water partition coefficient (Wildman–Crippen LogP) is 3.86. The highest BCUT2D eigenvalue weighted by atomic mass is 19.4. The Morgan fingerprint density at radius 2 is 1.88 bits per heavy atom. The number of benzene rings is 1. The second kappa shape index (κ2) is 7.01. The number of alkyl halides is 3. The molecule has 1 N–H and O–H groups in total. The lowest BCUT2D eigenvalue weighted by Crippen LogP contribution is -2.22. The molecule has 0 bridgehead atoms. The van der Waals surface area contributed by atoms with Crippen LogP contribution < -0.4 is 10.2 Å². The van der Waals surface area contributed by atoms with E-state index in [2.05, 4.69) is 10.4 Å². The Bertz CT molecular complexity index is 825. The van der Waals surface area contributed by atoms with E-state index in [0.29, 0.717) is 5.69 Å². The van der Waals surface area contributed by atoms with Crippen molar-refractivity contribution in [3.05, 3.63) is 40.7 Å². The van der Waals surface area contributed by atoms with Crippen molar-refractivity contribution < 1.29 is 18.0 Å². The molecule has 0 saturated carbocycles. The molecular formula is C18H23F3N4O. The minimum Gasteiger partial charge on any atom is -0.376 e. The molecule has 2 aromatic rings. The maximum atomic E-state index is 13.0. The molecule has 0 aliphatic carbocycles. The number of aryl methyl sites for hydroxylation is 2. The summed E-state index contributed by atoms with van der Waals surface area (Å²) < 4.78 is 40.8. The number of nitrogens with one attached hydrogen (secondary N) is 1. The SMILES string of the molecule is Cc1nn(C)c(C)c1[C@H](C)C(=O)Nc1cc(C(F)(F)F)ccc1N(C)C. The summed E-state index contributed by atoms with van der Waals surface area (Å²) in [6.07, 6.45) is -4.48. The molecule has 1 aromatic carbocycles. The minimum atomic E-state index is -4.48. The minimum absolute atomic E-state index is 0.126. The second-order valence-electron chi connectivity index (χ2n) is 6.54. The second-order valence-corrected chi connectivity index (χ2v) is 6.54. The van der Waals surface area contributed by atoms with Crippen LogP contribution in [0.3, 0.4) is 0 Å². The van der Waals surface area contributed by atoms with Crippen LogP contribution in [0.15, 0.2) is 18.2 Å². The molecule has 1 atom stereocenters. The number of hydrogen-bond donors (Lipinski definition) is 1. The topological polar surface area (TPSA) is 50.2 Å². The first-order valence-corrected chi connectivity index (χ1v) is 8.13. The van der Waals surface area contributed by atoms with E-state index in [-0.39, 0.29) is 11.6 Å². The molecule has 0 spiro atoms. The highest BCUT2D eigenvalue weighted by Gasteiger charge is 2.32. The summed E-state index contributed by atoms with van der Waals surface area (Å²) in [5.41, 5.74) is 2.17. The maximum Gasteiger partial charge on any atom is 0.416 e. The monoisotopic (exact) mass is 368 g/mol. The predicted molar refractivity (Wildman–Crippen MR) is 95.5 cm³/mol. The zero-order valence-electron chi connectivity index (χ0n) is 15.7. The van der Waals surface area contributed by atoms with Crippen LogP contribution in [-0.2, 0) is 18.0 Å². The average molecular weight is 368 g/mol. The number of aromatic nitrogens is 2. The van der Waals surface area contributed by atoms with E-state index in [1.54, 1.807) is 37.6 Å². The third-order valence-electron chi connectivity index (χ3n) is 4.45. The number of nitrogens with zero attached hydrogens (tertiary/aromatic N) is 3. The van der Waals surface area contributed by atoms with Crippen LogP contribution in [0.25, 0.3) is 0 Å². The van der Waals surface area contributed by atoms with Crippen LogP contribution in [0.2, 0.25) is 0 Å². The maximum absolute atomic E-state index is 13.0. The normalized spacial score (nSPS) is 12.8. The molecule has 0 radical (unpaired) electrons. The summed E-state index contributed by atoms with van der Waals surface area (Å²) in [5.74, 6) is -0.931. The fraction of sp³-hybridized carbons (Fsp3) is 0.444. The van der Waals surface area contributed by atoms with Crippen molar-refractivity contribution in [1.29, 1.82) is 0 Å². The summed E-state index contributed by atoms with van der Waals surface area (Å²) >= 11 is 0. The molecule has 2 rings (SSSR count). The molecule has 1 aromatic heterocycles. The van der Waals surface area contributed by atoms with E-state index in [1.165, 1.54) is 6.07 Å². The number of rotatable bonds is 4. The van der Waals surface area contributed by atoms with Crippen molar-refractivity contribution in [1.82, 2.24) is 9.78 Å². The van der Waals surface area contributed by atoms with Crippen LogP contribution in [-0.4, -0.2) is 29.8 Å². The van der Waals surface area contributed by atoms with Gasteiger partial charge in [-0.1, -0.05) is 0 Å². The molecule has 0 fully saturated rings. The zero-order valence-corrected chi connectivity index (χ0v) is 15.7. The summed E-state index contributed by atoms with van der Waals surface area (Å²) in [5, 5.41) is 6.94. The van der Waals surface area contributed by atoms with Crippen LogP contribution in [0, 0.1) is 13.8 Å². The Hall–Kier alpha value is -2.51. The fourth-order valence-electron chi connectivity index (χ4n) is 2.99. The molecule has 142 valence electrons. The van der Waals surface area contributed by atoms with E-state index in [4.69, 9.17) is 0 Å². The quantitative estimate of drug-likeness (QED) is 0.891. The van der Waals surface area contributed by atoms with Crippen molar-refractivity contribution in [3.63, 3.8) is 0 Å². The lowest BCUT2D eigenvalue weighted by molar-refractivity contribution is -0.137. The van der Waals surface area contributed by atoms with Gasteiger partial charge in [0.15, 0.2) is 0 Å². The van der Waals surface area contributed by atoms with Gasteiger partial charge in [-0.15, -0.1) is 0 Å². The van der Waals surface area contributed by atoms with Gasteiger partial charge in [0.05, 0.1) is 28.6 Å². The van der Waals surface area contributed by atoms with Crippen molar-refractivity contribution in [2.24, 2.45) is 7.05 Å². The van der Waals surface area contributed by atoms with Gasteiger partial charge in [-0.3, -0.25) is 9.48 Å². The van der Waals surface area contributed by atoms with Gasteiger partial charge in [0.25, 0.3) is 0 Å². The zero-order chi connectivity index (χ0) is 19.8. The van der Waals surface area contributed by atoms with Crippen molar-refractivity contribution in [2.75, 3.05) is 24.3 Å². The highest BCUT2D eigenvalue weighted by Crippen LogP contribution is 2.35. The van der Waals surface area contributed by atoms with Crippen molar-refractivity contribution >= 4 is 17.3 Å². The summed E-state index contributed by atoms with van der Waals surface area (Å²) in [6.45, 7) is 5.38. The van der Waals surface area contributed by atoms with E-state index >= 15 is 0 Å². The van der Waals surface area contributed by atoms with Gasteiger partial charge in [0, 0.05) is 32.4 Å². The van der Waals surface area contributed by atoms with Crippen LogP contribution in [0.1, 0.15) is 35.4 Å². The number of carbonyl (C=O) groups is 1. The first-order valence-electron chi connectivity index (χ1n) is 8.13. The summed E-state index contributed by atoms with van der Waals surface area (Å²) in [7, 11) is 5.20. The smallest absolute Gasteiger partial charge is 0.376 e. The number of carbonyl (C=O) groups excluding carboxylic acids is 1. The van der Waals surface area contributed by atoms with Gasteiger partial charge in [-0.05, 0) is 39.0 Å². The number of anilines is 2. The van der Waals surface area contributed by atoms with E-state index in [9.17, 15) is 18.0 Å². The Balaban J connectivity index is 2.38. The fourth-order valence-corrected chi connectivity index (χ4v) is 2.99. The standard InChI is InChI=1S/C18H23F3N4O/c1-10(16-11(2)23-25(6)12(16)3)17(26)22-14-9-13(18(19,20)21)7-8-15(14)24(4)5/h7-10H,1-6H3,(H,22,26)/t10-/m0/s1. The molecule has 5 nitrogen and oxygen atoms in total. The lowest BCUT2D eigenvalue weighted by atomic mass is 9.98. The lowest BCUT2D eigenvalue weighted by Gasteiger charge is -2.21. The molecule has 26 heavy (non-hydrogen) atoms. The molecule has 1 amide bonds. The largest absolute Gasteiger partial charge is 0.416 e. The Labute approximate surface area is 150 Å². The Morgan fingerprint density at radius 1 is 1.27 bits per heavy atom. The molecule has 0 aliphatic heterocycles. The number of halogens is 3. The van der Waals surface area contributed by atoms with Crippen LogP contribution >= 0.6 is 0 Å². The third kappa shape index (κ3) is 3.84. The van der Waals surface area contributed by atoms with E-state index in [0.717, 1.165) is 29.1 Å². The van der Waals surface area contributed by atoms with Gasteiger partial charge in [-0.25, -0.2) is 0 Å². The summed E-state index contributed by atoms with van der Waals surface area (Å²) in [4.78, 5) is 14.4. The van der Waals surface area contributed by atoms with Crippen molar-refractivity contribution in [3.8, 4) is 0 Å². The Morgan fingerprint density at radius 3 is 2.35 bits per heavy atom. The van der Waals surface area contributed by atoms with Gasteiger partial charge in [0.2, 0.25) is 5.91 Å². The number of amides is 1. The van der Waals surface area contributed by atoms with Gasteiger partial charge >= 0.3 is 6.18 Å². The van der Waals surface area contributed by atoms with Crippen LogP contribution in [0.5, 0.6) is 0 Å². The third-order valence-corrected chi connectivity index (χ3v) is 4.45. The van der Waals surface area contributed by atoms with E-state index < -0.39 is 17.7 Å². The van der Waals surface area contributed by atoms with Gasteiger partial charge < -0.3 is 10.2 Å². The average Bonchev–Trinajstić information content (AvgIpc) is 2.78. The Kier molecular flexibility index (Phi) is 5.34. The molecular weight excluding hydrogens is 345 g/mol. The van der Waals surface area contributed by atoms with Crippen molar-refractivity contribution in [2.45, 2.75) is 32.9 Å². The molecule has 0 aliphatic rings.